The molecule has 0 aliphatic carbocycles. The molecule has 2 aromatic carbocycles. The zero-order chi connectivity index (χ0) is 24.8. The van der Waals surface area contributed by atoms with Crippen molar-refractivity contribution in [2.24, 2.45) is 20.5 Å². The molecule has 0 aliphatic heterocycles. The molecule has 2 aromatic heterocycles. The van der Waals surface area contributed by atoms with E-state index in [9.17, 15) is 0 Å². The summed E-state index contributed by atoms with van der Waals surface area (Å²) in [5.41, 5.74) is 4.01. The second-order valence-electron chi connectivity index (χ2n) is 8.94. The van der Waals surface area contributed by atoms with Gasteiger partial charge in [-0.15, -0.1) is 20.5 Å². The second kappa shape index (κ2) is 11.3. The summed E-state index contributed by atoms with van der Waals surface area (Å²) in [7, 11) is 2.54. The Balaban J connectivity index is 1.33. The summed E-state index contributed by atoms with van der Waals surface area (Å²) < 4.78 is 7.11. The van der Waals surface area contributed by atoms with E-state index in [1.807, 2.05) is 61.5 Å². The van der Waals surface area contributed by atoms with Crippen LogP contribution in [0.5, 0.6) is 0 Å². The third kappa shape index (κ3) is 7.11. The van der Waals surface area contributed by atoms with Crippen molar-refractivity contribution in [1.82, 2.24) is 4.98 Å². The molecule has 0 N–H and O–H groups in total. The molecule has 0 saturated carbocycles. The van der Waals surface area contributed by atoms with Crippen molar-refractivity contribution in [1.29, 1.82) is 0 Å². The molecule has 0 fully saturated rings. The number of benzene rings is 2. The summed E-state index contributed by atoms with van der Waals surface area (Å²) in [5.74, 6) is 0. The number of anilines is 1. The van der Waals surface area contributed by atoms with Crippen LogP contribution in [0.1, 0.15) is 12.5 Å². The Morgan fingerprint density at radius 2 is 1.54 bits per heavy atom. The zero-order valence-electron chi connectivity index (χ0n) is 20.7. The molecule has 4 aromatic rings. The Morgan fingerprint density at radius 3 is 2.17 bits per heavy atom. The Bertz CT molecular complexity index is 1280. The number of azo groups is 2. The molecule has 0 aliphatic rings. The lowest BCUT2D eigenvalue weighted by atomic mass is 10.1. The van der Waals surface area contributed by atoms with E-state index in [2.05, 4.69) is 57.6 Å². The highest BCUT2D eigenvalue weighted by Gasteiger charge is 2.18. The molecule has 4 rings (SSSR count). The van der Waals surface area contributed by atoms with Gasteiger partial charge in [-0.1, -0.05) is 41.7 Å². The maximum atomic E-state index is 6.08. The van der Waals surface area contributed by atoms with E-state index in [1.54, 1.807) is 0 Å². The molecule has 0 bridgehead atoms. The fraction of sp³-hybridized carbons (Fsp3) is 0.320. The van der Waals surface area contributed by atoms with E-state index in [0.29, 0.717) is 5.13 Å². The fourth-order valence-electron chi connectivity index (χ4n) is 3.11. The van der Waals surface area contributed by atoms with Crippen molar-refractivity contribution >= 4 is 67.7 Å². The molecule has 7 nitrogen and oxygen atoms in total. The first-order valence-corrected chi connectivity index (χ1v) is 16.3. The molecule has 0 spiro atoms. The zero-order valence-corrected chi connectivity index (χ0v) is 23.4. The van der Waals surface area contributed by atoms with E-state index in [4.69, 9.17) is 4.43 Å². The van der Waals surface area contributed by atoms with Crippen LogP contribution in [0.3, 0.4) is 0 Å². The number of rotatable bonds is 10. The third-order valence-corrected chi connectivity index (χ3v) is 10.2. The lowest BCUT2D eigenvalue weighted by molar-refractivity contribution is 0.312. The van der Waals surface area contributed by atoms with Crippen LogP contribution in [0.25, 0.3) is 9.53 Å². The van der Waals surface area contributed by atoms with E-state index < -0.39 is 8.32 Å². The lowest BCUT2D eigenvalue weighted by Gasteiger charge is -2.20. The summed E-state index contributed by atoms with van der Waals surface area (Å²) in [5, 5.41) is 18.8. The number of thiophene rings is 1. The Labute approximate surface area is 215 Å². The highest BCUT2D eigenvalue weighted by molar-refractivity contribution is 7.30. The number of thiazole rings is 1. The first-order chi connectivity index (χ1) is 16.8. The first kappa shape index (κ1) is 25.3. The van der Waals surface area contributed by atoms with Gasteiger partial charge in [0.05, 0.1) is 16.1 Å². The standard InChI is InChI=1S/C25H30N6OS2Si/c1-6-35(4,5)32-16-15-18-7-9-19(10-8-18)27-29-23-17-22-24(34-23)26-25(33-22)30-28-20-11-13-21(14-12-20)31(2)3/h7-14,17H,6,15-16H2,1-5H3. The van der Waals surface area contributed by atoms with Crippen LogP contribution in [-0.4, -0.2) is 34.0 Å². The van der Waals surface area contributed by atoms with Gasteiger partial charge in [0.25, 0.3) is 0 Å². The minimum absolute atomic E-state index is 0.635. The molecule has 35 heavy (non-hydrogen) atoms. The number of hydrogen-bond donors (Lipinski definition) is 0. The van der Waals surface area contributed by atoms with Gasteiger partial charge >= 0.3 is 0 Å². The SMILES string of the molecule is CC[Si](C)(C)OCCc1ccc(N=Nc2cc3sc(N=Nc4ccc(N(C)C)cc4)nc3s2)cc1. The minimum atomic E-state index is -1.48. The average Bonchev–Trinajstić information content (AvgIpc) is 3.41. The number of fused-ring (bicyclic) bond motifs is 1. The Kier molecular flexibility index (Phi) is 8.17. The molecule has 0 radical (unpaired) electrons. The van der Waals surface area contributed by atoms with Crippen LogP contribution in [0.4, 0.5) is 27.2 Å². The summed E-state index contributed by atoms with van der Waals surface area (Å²) in [6.45, 7) is 7.50. The van der Waals surface area contributed by atoms with Crippen LogP contribution in [-0.2, 0) is 10.8 Å². The molecule has 10 heteroatoms. The van der Waals surface area contributed by atoms with Gasteiger partial charge in [-0.25, -0.2) is 4.98 Å². The highest BCUT2D eigenvalue weighted by atomic mass is 32.1. The maximum absolute atomic E-state index is 6.08. The molecular formula is C25H30N6OS2Si. The van der Waals surface area contributed by atoms with Crippen LogP contribution in [0, 0.1) is 0 Å². The van der Waals surface area contributed by atoms with Gasteiger partial charge in [0.15, 0.2) is 8.32 Å². The number of nitrogens with zero attached hydrogens (tertiary/aromatic N) is 6. The monoisotopic (exact) mass is 522 g/mol. The average molecular weight is 523 g/mol. The maximum Gasteiger partial charge on any atom is 0.231 e. The molecule has 182 valence electrons. The van der Waals surface area contributed by atoms with Gasteiger partial charge in [-0.05, 0) is 73.6 Å². The molecule has 0 unspecified atom stereocenters. The van der Waals surface area contributed by atoms with Crippen LogP contribution in [0.2, 0.25) is 19.1 Å². The lowest BCUT2D eigenvalue weighted by Crippen LogP contribution is -2.29. The van der Waals surface area contributed by atoms with Gasteiger partial charge in [-0.3, -0.25) is 0 Å². The topological polar surface area (TPSA) is 74.8 Å². The first-order valence-electron chi connectivity index (χ1n) is 11.6. The quantitative estimate of drug-likeness (QED) is 0.154. The molecule has 2 heterocycles. The number of aromatic nitrogens is 1. The van der Waals surface area contributed by atoms with Gasteiger partial charge in [0.1, 0.15) is 9.83 Å². The van der Waals surface area contributed by atoms with Crippen LogP contribution in [0.15, 0.2) is 75.1 Å². The second-order valence-corrected chi connectivity index (χ2v) is 15.5. The normalized spacial score (nSPS) is 12.4. The van der Waals surface area contributed by atoms with Gasteiger partial charge in [-0.2, -0.15) is 0 Å². The smallest absolute Gasteiger partial charge is 0.231 e. The minimum Gasteiger partial charge on any atom is -0.417 e. The van der Waals surface area contributed by atoms with E-state index in [0.717, 1.165) is 50.7 Å². The highest BCUT2D eigenvalue weighted by Crippen LogP contribution is 2.39. The largest absolute Gasteiger partial charge is 0.417 e. The molecule has 0 atom stereocenters. The van der Waals surface area contributed by atoms with Crippen molar-refractivity contribution in [3.8, 4) is 0 Å². The predicted octanol–water partition coefficient (Wildman–Crippen LogP) is 9.04. The van der Waals surface area contributed by atoms with Crippen molar-refractivity contribution in [3.63, 3.8) is 0 Å². The van der Waals surface area contributed by atoms with E-state index in [1.165, 1.54) is 28.2 Å². The van der Waals surface area contributed by atoms with Crippen molar-refractivity contribution in [2.45, 2.75) is 32.5 Å². The third-order valence-electron chi connectivity index (χ3n) is 5.62. The van der Waals surface area contributed by atoms with E-state index >= 15 is 0 Å². The fourth-order valence-corrected chi connectivity index (χ4v) is 5.81. The summed E-state index contributed by atoms with van der Waals surface area (Å²) >= 11 is 3.00. The van der Waals surface area contributed by atoms with Crippen LogP contribution >= 0.6 is 22.7 Å². The summed E-state index contributed by atoms with van der Waals surface area (Å²) in [4.78, 5) is 7.52. The van der Waals surface area contributed by atoms with Crippen molar-refractivity contribution < 1.29 is 4.43 Å². The van der Waals surface area contributed by atoms with E-state index in [-0.39, 0.29) is 0 Å². The van der Waals surface area contributed by atoms with Gasteiger partial charge in [0, 0.05) is 26.4 Å². The van der Waals surface area contributed by atoms with Gasteiger partial charge < -0.3 is 9.33 Å². The number of hydrogen-bond acceptors (Lipinski definition) is 9. The van der Waals surface area contributed by atoms with Gasteiger partial charge in [0.2, 0.25) is 5.13 Å². The predicted molar refractivity (Wildman–Crippen MR) is 151 cm³/mol. The Morgan fingerprint density at radius 1 is 0.886 bits per heavy atom. The van der Waals surface area contributed by atoms with Crippen molar-refractivity contribution in [3.05, 3.63) is 60.2 Å². The molecule has 0 amide bonds. The summed E-state index contributed by atoms with van der Waals surface area (Å²) in [6.07, 6.45) is 0.918. The van der Waals surface area contributed by atoms with Crippen LogP contribution < -0.4 is 4.90 Å². The Hall–Kier alpha value is -2.79. The molecule has 0 saturated heterocycles. The van der Waals surface area contributed by atoms with Crippen molar-refractivity contribution in [2.75, 3.05) is 25.6 Å². The molecular weight excluding hydrogens is 493 g/mol. The summed E-state index contributed by atoms with van der Waals surface area (Å²) in [6, 6.07) is 19.3.